The van der Waals surface area contributed by atoms with Crippen molar-refractivity contribution in [3.8, 4) is 0 Å². The second-order valence-electron chi connectivity index (χ2n) is 6.43. The average molecular weight is 461 g/mol. The standard InChI is InChI=1S/C20H20N4O5S2/c1-2-24-17(13-31(28,29)16-6-4-3-5-7-16)22-23-20(24)30-12-18(25)21-15-10-8-14(9-11-15)19(26)27/h3-11H,2,12-13H2,1H3,(H,21,25)(H,26,27). The monoisotopic (exact) mass is 460 g/mol. The van der Waals surface area contributed by atoms with E-state index in [9.17, 15) is 18.0 Å². The van der Waals surface area contributed by atoms with Gasteiger partial charge in [0.05, 0.1) is 16.2 Å². The van der Waals surface area contributed by atoms with Crippen molar-refractivity contribution >= 4 is 39.2 Å². The van der Waals surface area contributed by atoms with Crippen LogP contribution in [0.1, 0.15) is 23.1 Å². The maximum absolute atomic E-state index is 12.6. The van der Waals surface area contributed by atoms with Gasteiger partial charge >= 0.3 is 5.97 Å². The first-order chi connectivity index (χ1) is 14.8. The van der Waals surface area contributed by atoms with Gasteiger partial charge in [-0.2, -0.15) is 0 Å². The van der Waals surface area contributed by atoms with Crippen LogP contribution < -0.4 is 5.32 Å². The SMILES string of the molecule is CCn1c(CS(=O)(=O)c2ccccc2)nnc1SCC(=O)Nc1ccc(C(=O)O)cc1. The summed E-state index contributed by atoms with van der Waals surface area (Å²) < 4.78 is 26.9. The Morgan fingerprint density at radius 2 is 1.74 bits per heavy atom. The van der Waals surface area contributed by atoms with Crippen LogP contribution in [-0.4, -0.2) is 45.9 Å². The van der Waals surface area contributed by atoms with Crippen LogP contribution in [0.15, 0.2) is 64.6 Å². The molecule has 3 aromatic rings. The number of rotatable bonds is 9. The van der Waals surface area contributed by atoms with Gasteiger partial charge in [-0.15, -0.1) is 10.2 Å². The molecule has 0 saturated heterocycles. The summed E-state index contributed by atoms with van der Waals surface area (Å²) >= 11 is 1.14. The fourth-order valence-electron chi connectivity index (χ4n) is 2.75. The van der Waals surface area contributed by atoms with Gasteiger partial charge in [0.25, 0.3) is 0 Å². The van der Waals surface area contributed by atoms with Crippen LogP contribution in [0.2, 0.25) is 0 Å². The first kappa shape index (κ1) is 22.5. The predicted molar refractivity (Wildman–Crippen MR) is 116 cm³/mol. The molecule has 162 valence electrons. The number of carbonyl (C=O) groups excluding carboxylic acids is 1. The molecule has 2 N–H and O–H groups in total. The first-order valence-corrected chi connectivity index (χ1v) is 11.9. The Labute approximate surface area is 183 Å². The van der Waals surface area contributed by atoms with Crippen molar-refractivity contribution in [3.05, 3.63) is 66.0 Å². The number of thioether (sulfide) groups is 1. The number of sulfone groups is 1. The largest absolute Gasteiger partial charge is 0.478 e. The van der Waals surface area contributed by atoms with Gasteiger partial charge in [0.1, 0.15) is 11.6 Å². The third-order valence-electron chi connectivity index (χ3n) is 4.28. The van der Waals surface area contributed by atoms with Crippen LogP contribution >= 0.6 is 11.8 Å². The molecule has 0 aliphatic rings. The fourth-order valence-corrected chi connectivity index (χ4v) is 4.87. The number of aromatic nitrogens is 3. The minimum atomic E-state index is -3.57. The summed E-state index contributed by atoms with van der Waals surface area (Å²) in [4.78, 5) is 23.3. The first-order valence-electron chi connectivity index (χ1n) is 9.26. The van der Waals surface area contributed by atoms with Crippen molar-refractivity contribution in [1.82, 2.24) is 14.8 Å². The molecule has 9 nitrogen and oxygen atoms in total. The van der Waals surface area contributed by atoms with Gasteiger partial charge in [-0.3, -0.25) is 4.79 Å². The number of anilines is 1. The molecular weight excluding hydrogens is 440 g/mol. The molecule has 0 atom stereocenters. The van der Waals surface area contributed by atoms with Crippen LogP contribution in [0.5, 0.6) is 0 Å². The van der Waals surface area contributed by atoms with Crippen molar-refractivity contribution in [2.45, 2.75) is 29.3 Å². The molecule has 0 aliphatic heterocycles. The summed E-state index contributed by atoms with van der Waals surface area (Å²) in [5.41, 5.74) is 0.601. The Hall–Kier alpha value is -3.18. The highest BCUT2D eigenvalue weighted by Gasteiger charge is 2.21. The Balaban J connectivity index is 1.64. The van der Waals surface area contributed by atoms with E-state index in [-0.39, 0.29) is 27.9 Å². The predicted octanol–water partition coefficient (Wildman–Crippen LogP) is 2.70. The van der Waals surface area contributed by atoms with Crippen LogP contribution in [0.4, 0.5) is 5.69 Å². The number of hydrogen-bond acceptors (Lipinski definition) is 7. The second-order valence-corrected chi connectivity index (χ2v) is 9.37. The zero-order valence-electron chi connectivity index (χ0n) is 16.6. The molecule has 0 aliphatic carbocycles. The minimum absolute atomic E-state index is 0.0320. The fraction of sp³-hybridized carbons (Fsp3) is 0.200. The molecule has 0 spiro atoms. The summed E-state index contributed by atoms with van der Waals surface area (Å²) in [5.74, 6) is -1.31. The Morgan fingerprint density at radius 1 is 1.06 bits per heavy atom. The molecule has 0 fully saturated rings. The normalized spacial score (nSPS) is 11.3. The van der Waals surface area contributed by atoms with Gasteiger partial charge in [0, 0.05) is 12.2 Å². The van der Waals surface area contributed by atoms with Crippen LogP contribution in [0.3, 0.4) is 0 Å². The summed E-state index contributed by atoms with van der Waals surface area (Å²) in [6, 6.07) is 13.9. The number of benzene rings is 2. The van der Waals surface area contributed by atoms with E-state index < -0.39 is 15.8 Å². The molecule has 1 aromatic heterocycles. The van der Waals surface area contributed by atoms with E-state index >= 15 is 0 Å². The Morgan fingerprint density at radius 3 is 2.35 bits per heavy atom. The van der Waals surface area contributed by atoms with E-state index in [1.165, 1.54) is 36.4 Å². The molecule has 0 unspecified atom stereocenters. The summed E-state index contributed by atoms with van der Waals surface area (Å²) in [6.45, 7) is 2.30. The lowest BCUT2D eigenvalue weighted by atomic mass is 10.2. The van der Waals surface area contributed by atoms with Gasteiger partial charge < -0.3 is 15.0 Å². The molecule has 1 amide bonds. The highest BCUT2D eigenvalue weighted by Crippen LogP contribution is 2.21. The second kappa shape index (κ2) is 9.75. The molecule has 0 bridgehead atoms. The highest BCUT2D eigenvalue weighted by molar-refractivity contribution is 7.99. The molecule has 2 aromatic carbocycles. The zero-order chi connectivity index (χ0) is 22.4. The topological polar surface area (TPSA) is 131 Å². The van der Waals surface area contributed by atoms with Crippen LogP contribution in [0, 0.1) is 0 Å². The molecule has 0 saturated carbocycles. The summed E-state index contributed by atoms with van der Waals surface area (Å²) in [5, 5.41) is 20.1. The Bertz CT molecular complexity index is 1180. The van der Waals surface area contributed by atoms with Crippen molar-refractivity contribution in [3.63, 3.8) is 0 Å². The number of carboxylic acids is 1. The van der Waals surface area contributed by atoms with E-state index in [2.05, 4.69) is 15.5 Å². The number of hydrogen-bond donors (Lipinski definition) is 2. The number of aromatic carboxylic acids is 1. The number of carbonyl (C=O) groups is 2. The van der Waals surface area contributed by atoms with Gasteiger partial charge in [-0.25, -0.2) is 13.2 Å². The molecule has 1 heterocycles. The van der Waals surface area contributed by atoms with E-state index in [0.29, 0.717) is 23.2 Å². The maximum Gasteiger partial charge on any atom is 0.335 e. The quantitative estimate of drug-likeness (QED) is 0.466. The van der Waals surface area contributed by atoms with Crippen molar-refractivity contribution in [2.24, 2.45) is 0 Å². The van der Waals surface area contributed by atoms with Crippen LogP contribution in [-0.2, 0) is 26.9 Å². The van der Waals surface area contributed by atoms with Crippen molar-refractivity contribution < 1.29 is 23.1 Å². The number of amides is 1. The van der Waals surface area contributed by atoms with E-state index in [4.69, 9.17) is 5.11 Å². The van der Waals surface area contributed by atoms with Gasteiger partial charge in [0.15, 0.2) is 15.0 Å². The van der Waals surface area contributed by atoms with Gasteiger partial charge in [-0.1, -0.05) is 30.0 Å². The highest BCUT2D eigenvalue weighted by atomic mass is 32.2. The van der Waals surface area contributed by atoms with Gasteiger partial charge in [-0.05, 0) is 43.3 Å². The smallest absolute Gasteiger partial charge is 0.335 e. The average Bonchev–Trinajstić information content (AvgIpc) is 3.14. The summed E-state index contributed by atoms with van der Waals surface area (Å²) in [7, 11) is -3.57. The van der Waals surface area contributed by atoms with Crippen molar-refractivity contribution in [2.75, 3.05) is 11.1 Å². The third-order valence-corrected chi connectivity index (χ3v) is 6.87. The van der Waals surface area contributed by atoms with E-state index in [1.54, 1.807) is 22.8 Å². The van der Waals surface area contributed by atoms with Gasteiger partial charge in [0.2, 0.25) is 5.91 Å². The molecule has 0 radical (unpaired) electrons. The number of carboxylic acid groups (broad SMARTS) is 1. The van der Waals surface area contributed by atoms with Crippen LogP contribution in [0.25, 0.3) is 0 Å². The van der Waals surface area contributed by atoms with Crippen molar-refractivity contribution in [1.29, 1.82) is 0 Å². The Kier molecular flexibility index (Phi) is 7.08. The zero-order valence-corrected chi connectivity index (χ0v) is 18.2. The molecule has 3 rings (SSSR count). The number of nitrogens with one attached hydrogen (secondary N) is 1. The minimum Gasteiger partial charge on any atom is -0.478 e. The maximum atomic E-state index is 12.6. The molecule has 31 heavy (non-hydrogen) atoms. The number of nitrogens with zero attached hydrogens (tertiary/aromatic N) is 3. The summed E-state index contributed by atoms with van der Waals surface area (Å²) in [6.07, 6.45) is 0. The van der Waals surface area contributed by atoms with E-state index in [0.717, 1.165) is 11.8 Å². The lowest BCUT2D eigenvalue weighted by molar-refractivity contribution is -0.113. The third kappa shape index (κ3) is 5.70. The lowest BCUT2D eigenvalue weighted by Gasteiger charge is -2.08. The lowest BCUT2D eigenvalue weighted by Crippen LogP contribution is -2.15. The van der Waals surface area contributed by atoms with E-state index in [1.807, 2.05) is 6.92 Å². The molecule has 11 heteroatoms. The molecular formula is C20H20N4O5S2.